The number of ether oxygens (including phenoxy) is 2. The number of allylic oxidation sites excluding steroid dienone is 2. The molecule has 0 aromatic heterocycles. The molecule has 0 N–H and O–H groups in total. The van der Waals surface area contributed by atoms with Crippen LogP contribution in [0, 0.1) is 0 Å². The van der Waals surface area contributed by atoms with E-state index in [-0.39, 0.29) is 0 Å². The monoisotopic (exact) mass is 355 g/mol. The van der Waals surface area contributed by atoms with Gasteiger partial charge in [0.25, 0.3) is 0 Å². The molecule has 0 saturated carbocycles. The molecule has 0 aliphatic carbocycles. The zero-order chi connectivity index (χ0) is 17.9. The van der Waals surface area contributed by atoms with Crippen molar-refractivity contribution in [2.24, 2.45) is 0 Å². The van der Waals surface area contributed by atoms with Gasteiger partial charge >= 0.3 is 7.60 Å². The minimum Gasteiger partial charge on any atom is -0.493 e. The Bertz CT molecular complexity index is 676. The average molecular weight is 355 g/mol. The van der Waals surface area contributed by atoms with Gasteiger partial charge < -0.3 is 23.4 Å². The molecular weight excluding hydrogens is 329 g/mol. The molecule has 0 unspecified atom stereocenters. The van der Waals surface area contributed by atoms with E-state index in [1.54, 1.807) is 14.2 Å². The molecule has 0 atom stereocenters. The third-order valence-electron chi connectivity index (χ3n) is 4.15. The van der Waals surface area contributed by atoms with Crippen molar-refractivity contribution in [3.63, 3.8) is 0 Å². The summed E-state index contributed by atoms with van der Waals surface area (Å²) in [6, 6.07) is 3.85. The average Bonchev–Trinajstić information content (AvgIpc) is 2.57. The highest BCUT2D eigenvalue weighted by molar-refractivity contribution is 7.58. The Balaban J connectivity index is 2.54. The minimum absolute atomic E-state index is 0.330. The summed E-state index contributed by atoms with van der Waals surface area (Å²) in [7, 11) is 1.82. The van der Waals surface area contributed by atoms with E-state index < -0.39 is 7.60 Å². The molecule has 134 valence electrons. The Morgan fingerprint density at radius 3 is 2.12 bits per heavy atom. The molecule has 1 aromatic carbocycles. The van der Waals surface area contributed by atoms with Crippen LogP contribution < -0.4 is 14.4 Å². The van der Waals surface area contributed by atoms with E-state index in [2.05, 4.69) is 0 Å². The highest BCUT2D eigenvalue weighted by Gasteiger charge is 2.36. The lowest BCUT2D eigenvalue weighted by molar-refractivity contribution is 0.225. The molecular formula is C17H26NO5P. The lowest BCUT2D eigenvalue weighted by Crippen LogP contribution is -2.24. The summed E-state index contributed by atoms with van der Waals surface area (Å²) in [6.07, 6.45) is 0.489. The first-order valence-corrected chi connectivity index (χ1v) is 9.54. The van der Waals surface area contributed by atoms with Gasteiger partial charge in [-0.1, -0.05) is 0 Å². The van der Waals surface area contributed by atoms with Gasteiger partial charge in [0, 0.05) is 30.9 Å². The molecule has 1 heterocycles. The maximum absolute atomic E-state index is 13.2. The topological polar surface area (TPSA) is 57.2 Å². The van der Waals surface area contributed by atoms with Crippen LogP contribution in [0.5, 0.6) is 11.5 Å². The van der Waals surface area contributed by atoms with Gasteiger partial charge in [-0.05, 0) is 32.4 Å². The molecule has 6 nitrogen and oxygen atoms in total. The molecule has 1 aliphatic rings. The standard InChI is InChI=1S/C17H26NO5P/c1-7-22-24(19,23-8-2)17-10-13-9-15(20-5)16(21-6)11-14(13)18(4)12(17)3/h9,11H,7-8,10H2,1-6H3. The van der Waals surface area contributed by atoms with Gasteiger partial charge in [0.1, 0.15) is 0 Å². The van der Waals surface area contributed by atoms with E-state index in [1.807, 2.05) is 44.9 Å². The summed E-state index contributed by atoms with van der Waals surface area (Å²) in [5.41, 5.74) is 2.86. The molecule has 7 heteroatoms. The van der Waals surface area contributed by atoms with Gasteiger partial charge in [0.15, 0.2) is 11.5 Å². The van der Waals surface area contributed by atoms with Crippen molar-refractivity contribution in [1.29, 1.82) is 0 Å². The van der Waals surface area contributed by atoms with Crippen molar-refractivity contribution in [2.45, 2.75) is 27.2 Å². The zero-order valence-corrected chi connectivity index (χ0v) is 16.1. The number of hydrogen-bond donors (Lipinski definition) is 0. The summed E-state index contributed by atoms with van der Waals surface area (Å²) in [5.74, 6) is 1.31. The molecule has 0 bridgehead atoms. The van der Waals surface area contributed by atoms with Gasteiger partial charge in [-0.15, -0.1) is 0 Å². The van der Waals surface area contributed by atoms with Gasteiger partial charge in [-0.2, -0.15) is 0 Å². The number of fused-ring (bicyclic) bond motifs is 1. The van der Waals surface area contributed by atoms with Crippen molar-refractivity contribution in [3.05, 3.63) is 28.7 Å². The van der Waals surface area contributed by atoms with Gasteiger partial charge in [-0.25, -0.2) is 0 Å². The second-order valence-corrected chi connectivity index (χ2v) is 7.49. The number of nitrogens with zero attached hydrogens (tertiary/aromatic N) is 1. The Morgan fingerprint density at radius 2 is 1.62 bits per heavy atom. The highest BCUT2D eigenvalue weighted by atomic mass is 31.2. The van der Waals surface area contributed by atoms with Crippen LogP contribution in [0.4, 0.5) is 5.69 Å². The Hall–Kier alpha value is -1.49. The van der Waals surface area contributed by atoms with Crippen molar-refractivity contribution in [3.8, 4) is 11.5 Å². The largest absolute Gasteiger partial charge is 0.493 e. The van der Waals surface area contributed by atoms with Crippen LogP contribution in [-0.4, -0.2) is 34.5 Å². The third-order valence-corrected chi connectivity index (χ3v) is 6.49. The van der Waals surface area contributed by atoms with E-state index in [0.717, 1.165) is 16.9 Å². The second-order valence-electron chi connectivity index (χ2n) is 5.44. The summed E-state index contributed by atoms with van der Waals surface area (Å²) < 4.78 is 35.1. The lowest BCUT2D eigenvalue weighted by Gasteiger charge is -2.33. The van der Waals surface area contributed by atoms with Crippen LogP contribution in [-0.2, 0) is 20.0 Å². The Labute approximate surface area is 143 Å². The van der Waals surface area contributed by atoms with E-state index >= 15 is 0 Å². The molecule has 0 saturated heterocycles. The first-order valence-electron chi connectivity index (χ1n) is 7.99. The van der Waals surface area contributed by atoms with Crippen molar-refractivity contribution >= 4 is 13.3 Å². The molecule has 24 heavy (non-hydrogen) atoms. The Kier molecular flexibility index (Phi) is 5.97. The number of rotatable bonds is 7. The summed E-state index contributed by atoms with van der Waals surface area (Å²) in [4.78, 5) is 1.99. The first kappa shape index (κ1) is 18.8. The molecule has 0 fully saturated rings. The van der Waals surface area contributed by atoms with Gasteiger partial charge in [0.2, 0.25) is 0 Å². The fourth-order valence-corrected chi connectivity index (χ4v) is 4.85. The van der Waals surface area contributed by atoms with Gasteiger partial charge in [-0.3, -0.25) is 4.57 Å². The second kappa shape index (κ2) is 7.60. The lowest BCUT2D eigenvalue weighted by atomic mass is 10.0. The quantitative estimate of drug-likeness (QED) is 0.684. The predicted molar refractivity (Wildman–Crippen MR) is 95.2 cm³/mol. The van der Waals surface area contributed by atoms with Crippen LogP contribution in [0.3, 0.4) is 0 Å². The predicted octanol–water partition coefficient (Wildman–Crippen LogP) is 4.19. The van der Waals surface area contributed by atoms with E-state index in [0.29, 0.717) is 36.4 Å². The van der Waals surface area contributed by atoms with E-state index in [4.69, 9.17) is 18.5 Å². The summed E-state index contributed by atoms with van der Waals surface area (Å²) in [5, 5.41) is 0.688. The molecule has 1 aromatic rings. The molecule has 2 rings (SSSR count). The van der Waals surface area contributed by atoms with E-state index in [9.17, 15) is 4.57 Å². The minimum atomic E-state index is -3.32. The summed E-state index contributed by atoms with van der Waals surface area (Å²) in [6.45, 7) is 6.22. The van der Waals surface area contributed by atoms with Crippen LogP contribution in [0.15, 0.2) is 23.1 Å². The zero-order valence-electron chi connectivity index (χ0n) is 15.2. The third kappa shape index (κ3) is 3.32. The fraction of sp³-hybridized carbons (Fsp3) is 0.529. The first-order chi connectivity index (χ1) is 11.4. The number of anilines is 1. The van der Waals surface area contributed by atoms with Crippen molar-refractivity contribution in [1.82, 2.24) is 0 Å². The van der Waals surface area contributed by atoms with Crippen LogP contribution >= 0.6 is 7.60 Å². The van der Waals surface area contributed by atoms with Gasteiger partial charge in [0.05, 0.1) is 32.7 Å². The molecule has 0 amide bonds. The number of methoxy groups -OCH3 is 2. The fourth-order valence-electron chi connectivity index (χ4n) is 2.87. The molecule has 0 spiro atoms. The van der Waals surface area contributed by atoms with Crippen LogP contribution in [0.1, 0.15) is 26.3 Å². The van der Waals surface area contributed by atoms with Crippen molar-refractivity contribution < 1.29 is 23.1 Å². The molecule has 0 radical (unpaired) electrons. The van der Waals surface area contributed by atoms with Crippen molar-refractivity contribution in [2.75, 3.05) is 39.4 Å². The van der Waals surface area contributed by atoms with Crippen LogP contribution in [0.25, 0.3) is 0 Å². The number of benzene rings is 1. The smallest absolute Gasteiger partial charge is 0.359 e. The Morgan fingerprint density at radius 1 is 1.08 bits per heavy atom. The maximum Gasteiger partial charge on any atom is 0.359 e. The highest BCUT2D eigenvalue weighted by Crippen LogP contribution is 2.60. The normalized spacial score (nSPS) is 14.7. The number of hydrogen-bond acceptors (Lipinski definition) is 6. The SMILES string of the molecule is CCOP(=O)(OCC)C1=C(C)N(C)c2cc(OC)c(OC)cc2C1. The van der Waals surface area contributed by atoms with E-state index in [1.165, 1.54) is 0 Å². The van der Waals surface area contributed by atoms with Crippen LogP contribution in [0.2, 0.25) is 0 Å². The summed E-state index contributed by atoms with van der Waals surface area (Å²) >= 11 is 0. The maximum atomic E-state index is 13.2. The molecule has 1 aliphatic heterocycles.